The van der Waals surface area contributed by atoms with Crippen molar-refractivity contribution in [1.29, 1.82) is 0 Å². The van der Waals surface area contributed by atoms with E-state index in [9.17, 15) is 35.9 Å². The molecule has 38 heavy (non-hydrogen) atoms. The van der Waals surface area contributed by atoms with Crippen molar-refractivity contribution in [3.8, 4) is 0 Å². The van der Waals surface area contributed by atoms with Crippen molar-refractivity contribution in [3.63, 3.8) is 0 Å². The first kappa shape index (κ1) is 29.3. The fourth-order valence-electron chi connectivity index (χ4n) is 4.33. The van der Waals surface area contributed by atoms with Crippen molar-refractivity contribution in [1.82, 2.24) is 9.88 Å². The van der Waals surface area contributed by atoms with Crippen molar-refractivity contribution in [3.05, 3.63) is 52.8 Å². The van der Waals surface area contributed by atoms with Gasteiger partial charge in [-0.05, 0) is 68.6 Å². The minimum atomic E-state index is -5.04. The molecule has 1 aromatic rings. The Balaban J connectivity index is 2.03. The molecule has 0 saturated carbocycles. The van der Waals surface area contributed by atoms with E-state index >= 15 is 0 Å². The number of rotatable bonds is 4. The fourth-order valence-corrected chi connectivity index (χ4v) is 4.33. The summed E-state index contributed by atoms with van der Waals surface area (Å²) in [6.45, 7) is 4.40. The lowest BCUT2D eigenvalue weighted by Crippen LogP contribution is -2.37. The molecule has 2 aliphatic rings. The Kier molecular flexibility index (Phi) is 8.67. The lowest BCUT2D eigenvalue weighted by molar-refractivity contribution is -0.131. The Hall–Kier alpha value is -3.25. The maximum absolute atomic E-state index is 13.6. The summed E-state index contributed by atoms with van der Waals surface area (Å²) in [6, 6.07) is 2.20. The Labute approximate surface area is 217 Å². The molecule has 1 unspecified atom stereocenters. The standard InChI is InChI=1S/C25H26BF6N3O3/c1-14(2)38-23(37)34-10-4-5-19(22-20(34)8-9-21(26)33-22)35(15(3)36)13-16-6-7-17(24(27,28)29)12-18(11-16)25(30,31)32/h7-9,11-12,14,19H,4-6,10,13H2,1-3H3. The highest BCUT2D eigenvalue weighted by molar-refractivity contribution is 6.30. The highest BCUT2D eigenvalue weighted by atomic mass is 19.4. The topological polar surface area (TPSA) is 62.7 Å². The molecular weight excluding hydrogens is 515 g/mol. The summed E-state index contributed by atoms with van der Waals surface area (Å²) in [7, 11) is 5.89. The van der Waals surface area contributed by atoms with Crippen LogP contribution in [0.1, 0.15) is 51.8 Å². The fraction of sp³-hybridized carbons (Fsp3) is 0.480. The Morgan fingerprint density at radius 1 is 1.13 bits per heavy atom. The van der Waals surface area contributed by atoms with Crippen LogP contribution in [-0.2, 0) is 9.53 Å². The van der Waals surface area contributed by atoms with Crippen LogP contribution in [0, 0.1) is 0 Å². The van der Waals surface area contributed by atoms with Crippen molar-refractivity contribution in [2.24, 2.45) is 0 Å². The van der Waals surface area contributed by atoms with E-state index in [-0.39, 0.29) is 42.4 Å². The number of hydrogen-bond donors (Lipinski definition) is 0. The molecule has 0 saturated heterocycles. The molecular formula is C25H26BF6N3O3. The lowest BCUT2D eigenvalue weighted by atomic mass is 9.99. The second-order valence-electron chi connectivity index (χ2n) is 9.29. The zero-order chi connectivity index (χ0) is 28.4. The van der Waals surface area contributed by atoms with Crippen molar-refractivity contribution in [2.45, 2.75) is 64.5 Å². The first-order chi connectivity index (χ1) is 17.6. The summed E-state index contributed by atoms with van der Waals surface area (Å²) in [5.74, 6) is -0.536. The average Bonchev–Trinajstić information content (AvgIpc) is 3.11. The van der Waals surface area contributed by atoms with Gasteiger partial charge in [0.25, 0.3) is 0 Å². The first-order valence-corrected chi connectivity index (χ1v) is 11.9. The van der Waals surface area contributed by atoms with Crippen LogP contribution in [-0.4, -0.2) is 61.3 Å². The molecule has 2 amide bonds. The second-order valence-corrected chi connectivity index (χ2v) is 9.29. The van der Waals surface area contributed by atoms with Gasteiger partial charge in [0.1, 0.15) is 7.85 Å². The van der Waals surface area contributed by atoms with E-state index in [0.29, 0.717) is 24.3 Å². The third kappa shape index (κ3) is 6.99. The van der Waals surface area contributed by atoms with Gasteiger partial charge >= 0.3 is 18.4 Å². The molecule has 0 bridgehead atoms. The molecule has 0 fully saturated rings. The molecule has 2 heterocycles. The van der Waals surface area contributed by atoms with Gasteiger partial charge < -0.3 is 9.64 Å². The van der Waals surface area contributed by atoms with Crippen LogP contribution in [0.2, 0.25) is 0 Å². The quantitative estimate of drug-likeness (QED) is 0.388. The molecule has 3 rings (SSSR count). The van der Waals surface area contributed by atoms with Crippen LogP contribution >= 0.6 is 0 Å². The van der Waals surface area contributed by atoms with E-state index in [4.69, 9.17) is 12.6 Å². The number of allylic oxidation sites excluding steroid dienone is 5. The number of hydrogen-bond acceptors (Lipinski definition) is 4. The smallest absolute Gasteiger partial charge is 0.416 e. The summed E-state index contributed by atoms with van der Waals surface area (Å²) in [6.07, 6.45) is -9.49. The van der Waals surface area contributed by atoms with E-state index in [1.807, 2.05) is 0 Å². The first-order valence-electron chi connectivity index (χ1n) is 11.9. The highest BCUT2D eigenvalue weighted by Crippen LogP contribution is 2.39. The van der Waals surface area contributed by atoms with Gasteiger partial charge in [0.15, 0.2) is 0 Å². The van der Waals surface area contributed by atoms with Crippen molar-refractivity contribution < 1.29 is 40.7 Å². The molecule has 204 valence electrons. The summed E-state index contributed by atoms with van der Waals surface area (Å²) in [4.78, 5) is 32.5. The number of alkyl halides is 6. The number of halogens is 6. The second kappa shape index (κ2) is 11.2. The third-order valence-electron chi connectivity index (χ3n) is 6.01. The Bertz CT molecular complexity index is 1170. The number of carbonyl (C=O) groups excluding carboxylic acids is 2. The zero-order valence-corrected chi connectivity index (χ0v) is 21.0. The van der Waals surface area contributed by atoms with Gasteiger partial charge in [-0.15, -0.1) is 0 Å². The van der Waals surface area contributed by atoms with E-state index in [0.717, 1.165) is 0 Å². The van der Waals surface area contributed by atoms with Gasteiger partial charge in [-0.25, -0.2) is 4.79 Å². The SMILES string of the molecule is [B]c1ccc2c(n1)C(N(CC1=CC(C(F)(F)F)=CC(C(F)(F)F)=CC1)C(C)=O)CCCN2C(=O)OC(C)C. The summed E-state index contributed by atoms with van der Waals surface area (Å²) >= 11 is 0. The van der Waals surface area contributed by atoms with Crippen LogP contribution in [0.4, 0.5) is 36.8 Å². The predicted molar refractivity (Wildman–Crippen MR) is 129 cm³/mol. The summed E-state index contributed by atoms with van der Waals surface area (Å²) in [5, 5.41) is 0. The van der Waals surface area contributed by atoms with Gasteiger partial charge in [-0.2, -0.15) is 26.3 Å². The van der Waals surface area contributed by atoms with Crippen LogP contribution in [0.3, 0.4) is 0 Å². The van der Waals surface area contributed by atoms with Crippen molar-refractivity contribution in [2.75, 3.05) is 18.0 Å². The van der Waals surface area contributed by atoms with E-state index in [1.165, 1.54) is 22.8 Å². The molecule has 0 N–H and O–H groups in total. The predicted octanol–water partition coefficient (Wildman–Crippen LogP) is 5.22. The number of anilines is 1. The van der Waals surface area contributed by atoms with Gasteiger partial charge in [0.2, 0.25) is 5.91 Å². The zero-order valence-electron chi connectivity index (χ0n) is 21.0. The number of ether oxygens (including phenoxy) is 1. The van der Waals surface area contributed by atoms with Crippen molar-refractivity contribution >= 4 is 31.1 Å². The summed E-state index contributed by atoms with van der Waals surface area (Å²) in [5.41, 5.74) is -2.28. The molecule has 0 spiro atoms. The van der Waals surface area contributed by atoms with Crippen LogP contribution in [0.15, 0.2) is 47.1 Å². The largest absolute Gasteiger partial charge is 0.446 e. The van der Waals surface area contributed by atoms with E-state index in [2.05, 4.69) is 4.98 Å². The van der Waals surface area contributed by atoms with Crippen LogP contribution < -0.4 is 10.5 Å². The number of aromatic nitrogens is 1. The minimum absolute atomic E-state index is 0.0474. The summed E-state index contributed by atoms with van der Waals surface area (Å²) < 4.78 is 85.8. The van der Waals surface area contributed by atoms with Gasteiger partial charge in [-0.3, -0.25) is 14.7 Å². The Morgan fingerprint density at radius 2 is 1.79 bits per heavy atom. The number of pyridine rings is 1. The van der Waals surface area contributed by atoms with E-state index < -0.39 is 54.1 Å². The average molecular weight is 541 g/mol. The van der Waals surface area contributed by atoms with Gasteiger partial charge in [-0.1, -0.05) is 6.08 Å². The molecule has 2 radical (unpaired) electrons. The normalized spacial score (nSPS) is 18.5. The van der Waals surface area contributed by atoms with Crippen LogP contribution in [0.5, 0.6) is 0 Å². The molecule has 0 aromatic carbocycles. The third-order valence-corrected chi connectivity index (χ3v) is 6.01. The highest BCUT2D eigenvalue weighted by Gasteiger charge is 2.39. The number of nitrogens with zero attached hydrogens (tertiary/aromatic N) is 3. The maximum Gasteiger partial charge on any atom is 0.416 e. The molecule has 1 aliphatic heterocycles. The lowest BCUT2D eigenvalue weighted by Gasteiger charge is -2.32. The molecule has 1 aliphatic carbocycles. The monoisotopic (exact) mass is 541 g/mol. The van der Waals surface area contributed by atoms with Gasteiger partial charge in [0, 0.05) is 20.0 Å². The minimum Gasteiger partial charge on any atom is -0.446 e. The number of fused-ring (bicyclic) bond motifs is 1. The molecule has 1 aromatic heterocycles. The number of amides is 2. The molecule has 6 nitrogen and oxygen atoms in total. The Morgan fingerprint density at radius 3 is 2.37 bits per heavy atom. The molecule has 1 atom stereocenters. The number of carbonyl (C=O) groups is 2. The maximum atomic E-state index is 13.6. The van der Waals surface area contributed by atoms with Crippen LogP contribution in [0.25, 0.3) is 0 Å². The van der Waals surface area contributed by atoms with E-state index in [1.54, 1.807) is 19.9 Å². The van der Waals surface area contributed by atoms with Gasteiger partial charge in [0.05, 0.1) is 34.7 Å². The molecule has 13 heteroatoms.